The van der Waals surface area contributed by atoms with Crippen LogP contribution in [0.5, 0.6) is 0 Å². The number of anilines is 1. The van der Waals surface area contributed by atoms with Gasteiger partial charge in [-0.05, 0) is 49.2 Å². The van der Waals surface area contributed by atoms with Crippen molar-refractivity contribution < 1.29 is 14.2 Å². The lowest BCUT2D eigenvalue weighted by molar-refractivity contribution is -0.576. The Bertz CT molecular complexity index is 1620. The summed E-state index contributed by atoms with van der Waals surface area (Å²) >= 11 is 12.2. The predicted octanol–water partition coefficient (Wildman–Crippen LogP) is 4.57. The van der Waals surface area contributed by atoms with Crippen molar-refractivity contribution in [2.24, 2.45) is 0 Å². The minimum absolute atomic E-state index is 0.0367. The molecule has 0 spiro atoms. The van der Waals surface area contributed by atoms with Crippen LogP contribution in [0.1, 0.15) is 23.7 Å². The second-order valence-corrected chi connectivity index (χ2v) is 9.16. The Morgan fingerprint density at radius 3 is 2.28 bits per heavy atom. The molecule has 3 heterocycles. The van der Waals surface area contributed by atoms with E-state index < -0.39 is 17.4 Å². The molecular weight excluding hydrogens is 499 g/mol. The topological polar surface area (TPSA) is 79.1 Å². The van der Waals surface area contributed by atoms with Crippen LogP contribution in [0.4, 0.5) is 5.69 Å². The monoisotopic (exact) mass is 519 g/mol. The SMILES string of the molecule is CCc1[nH]n(-c2ccc(Cl)c(Cl)c2)c(=O)c1C1=C([n+]2ccccc2)C(=O)N(c2cccc(C)c2)C1=O. The largest absolute Gasteiger partial charge is 0.331 e. The van der Waals surface area contributed by atoms with Crippen LogP contribution < -0.4 is 15.0 Å². The van der Waals surface area contributed by atoms with Gasteiger partial charge in [0.15, 0.2) is 12.4 Å². The van der Waals surface area contributed by atoms with Crippen molar-refractivity contribution in [1.82, 2.24) is 9.78 Å². The number of aryl methyl sites for hydroxylation is 2. The highest BCUT2D eigenvalue weighted by atomic mass is 35.5. The van der Waals surface area contributed by atoms with Crippen molar-refractivity contribution in [3.8, 4) is 5.69 Å². The summed E-state index contributed by atoms with van der Waals surface area (Å²) in [5.74, 6) is -1.08. The zero-order valence-electron chi connectivity index (χ0n) is 19.5. The lowest BCUT2D eigenvalue weighted by atomic mass is 10.0. The third-order valence-corrected chi connectivity index (χ3v) is 6.76. The highest BCUT2D eigenvalue weighted by molar-refractivity contribution is 6.53. The third kappa shape index (κ3) is 3.86. The van der Waals surface area contributed by atoms with E-state index in [2.05, 4.69) is 5.10 Å². The van der Waals surface area contributed by atoms with E-state index in [1.54, 1.807) is 71.6 Å². The van der Waals surface area contributed by atoms with Gasteiger partial charge >= 0.3 is 5.91 Å². The number of halogens is 2. The van der Waals surface area contributed by atoms with Crippen LogP contribution in [0, 0.1) is 6.92 Å². The van der Waals surface area contributed by atoms with Gasteiger partial charge in [0, 0.05) is 17.8 Å². The van der Waals surface area contributed by atoms with Crippen molar-refractivity contribution in [2.75, 3.05) is 4.90 Å². The van der Waals surface area contributed by atoms with Gasteiger partial charge in [-0.1, -0.05) is 48.3 Å². The van der Waals surface area contributed by atoms with Gasteiger partial charge in [-0.3, -0.25) is 19.5 Å². The van der Waals surface area contributed by atoms with Crippen molar-refractivity contribution in [3.63, 3.8) is 0 Å². The molecule has 0 radical (unpaired) electrons. The van der Waals surface area contributed by atoms with Crippen molar-refractivity contribution in [3.05, 3.63) is 110 Å². The standard InChI is InChI=1S/C27H20Cl2N4O3/c1-3-21-22(26(35)33(30-21)18-10-11-19(28)20(29)15-18)23-24(31-12-5-4-6-13-31)27(36)32(25(23)34)17-9-7-8-16(2)14-17/h4-15H,3H2,1-2H3/p+1. The molecule has 0 aliphatic carbocycles. The van der Waals surface area contributed by atoms with E-state index in [4.69, 9.17) is 23.2 Å². The summed E-state index contributed by atoms with van der Waals surface area (Å²) in [4.78, 5) is 42.6. The molecule has 0 bridgehead atoms. The molecule has 7 nitrogen and oxygen atoms in total. The number of hydrogen-bond donors (Lipinski definition) is 1. The van der Waals surface area contributed by atoms with Crippen LogP contribution in [0.3, 0.4) is 0 Å². The summed E-state index contributed by atoms with van der Waals surface area (Å²) in [7, 11) is 0. The van der Waals surface area contributed by atoms with Gasteiger partial charge in [-0.15, -0.1) is 0 Å². The summed E-state index contributed by atoms with van der Waals surface area (Å²) < 4.78 is 2.88. The maximum absolute atomic E-state index is 13.9. The summed E-state index contributed by atoms with van der Waals surface area (Å²) in [6.07, 6.45) is 3.77. The molecule has 1 aliphatic rings. The molecule has 0 saturated heterocycles. The maximum Gasteiger partial charge on any atom is 0.331 e. The van der Waals surface area contributed by atoms with Gasteiger partial charge < -0.3 is 0 Å². The number of benzene rings is 2. The van der Waals surface area contributed by atoms with Crippen LogP contribution in [0.2, 0.25) is 10.0 Å². The second-order valence-electron chi connectivity index (χ2n) is 8.35. The Balaban J connectivity index is 1.77. The minimum Gasteiger partial charge on any atom is -0.294 e. The average molecular weight is 520 g/mol. The van der Waals surface area contributed by atoms with Crippen molar-refractivity contribution in [1.29, 1.82) is 0 Å². The van der Waals surface area contributed by atoms with Crippen LogP contribution in [0.15, 0.2) is 77.9 Å². The quantitative estimate of drug-likeness (QED) is 0.309. The second kappa shape index (κ2) is 9.26. The molecule has 0 unspecified atom stereocenters. The number of pyridine rings is 1. The number of aromatic amines is 1. The lowest BCUT2D eigenvalue weighted by Crippen LogP contribution is -2.39. The van der Waals surface area contributed by atoms with Crippen LogP contribution in [-0.2, 0) is 16.0 Å². The number of aromatic nitrogens is 3. The molecule has 36 heavy (non-hydrogen) atoms. The Hall–Kier alpha value is -3.94. The van der Waals surface area contributed by atoms with Gasteiger partial charge in [-0.25, -0.2) is 9.58 Å². The van der Waals surface area contributed by atoms with E-state index in [9.17, 15) is 14.4 Å². The number of amides is 2. The van der Waals surface area contributed by atoms with Crippen LogP contribution >= 0.6 is 23.2 Å². The molecule has 1 aliphatic heterocycles. The molecule has 1 N–H and O–H groups in total. The average Bonchev–Trinajstić information content (AvgIpc) is 3.33. The van der Waals surface area contributed by atoms with Gasteiger partial charge in [-0.2, -0.15) is 4.57 Å². The number of imide groups is 1. The first-order chi connectivity index (χ1) is 17.3. The lowest BCUT2D eigenvalue weighted by Gasteiger charge is -2.14. The molecule has 4 aromatic rings. The van der Waals surface area contributed by atoms with Gasteiger partial charge in [0.05, 0.1) is 27.0 Å². The van der Waals surface area contributed by atoms with E-state index in [1.165, 1.54) is 4.68 Å². The number of rotatable bonds is 5. The minimum atomic E-state index is -0.566. The number of nitrogens with zero attached hydrogens (tertiary/aromatic N) is 3. The van der Waals surface area contributed by atoms with Crippen molar-refractivity contribution >= 4 is 52.0 Å². The molecule has 2 aromatic carbocycles. The molecule has 2 aromatic heterocycles. The number of H-pyrrole nitrogens is 1. The van der Waals surface area contributed by atoms with E-state index >= 15 is 0 Å². The Morgan fingerprint density at radius 2 is 1.61 bits per heavy atom. The fraction of sp³-hybridized carbons (Fsp3) is 0.111. The number of hydrogen-bond acceptors (Lipinski definition) is 3. The zero-order valence-corrected chi connectivity index (χ0v) is 21.0. The van der Waals surface area contributed by atoms with Crippen molar-refractivity contribution in [2.45, 2.75) is 20.3 Å². The molecule has 0 atom stereocenters. The predicted molar refractivity (Wildman–Crippen MR) is 139 cm³/mol. The molecule has 5 rings (SSSR count). The summed E-state index contributed by atoms with van der Waals surface area (Å²) in [6, 6.07) is 17.2. The Labute approximate surface area is 216 Å². The van der Waals surface area contributed by atoms with E-state index in [-0.39, 0.29) is 21.9 Å². The smallest absolute Gasteiger partial charge is 0.294 e. The first-order valence-corrected chi connectivity index (χ1v) is 12.0. The molecule has 9 heteroatoms. The molecule has 0 fully saturated rings. The highest BCUT2D eigenvalue weighted by Gasteiger charge is 2.48. The fourth-order valence-corrected chi connectivity index (χ4v) is 4.63. The Morgan fingerprint density at radius 1 is 0.861 bits per heavy atom. The molecular formula is C27H21Cl2N4O3+. The first-order valence-electron chi connectivity index (χ1n) is 11.3. The molecule has 0 saturated carbocycles. The number of nitrogens with one attached hydrogen (secondary N) is 1. The number of carbonyl (C=O) groups excluding carboxylic acids is 2. The van der Waals surface area contributed by atoms with Gasteiger partial charge in [0.1, 0.15) is 5.57 Å². The maximum atomic E-state index is 13.9. The highest BCUT2D eigenvalue weighted by Crippen LogP contribution is 2.34. The van der Waals surface area contributed by atoms with Crippen LogP contribution in [-0.4, -0.2) is 21.6 Å². The van der Waals surface area contributed by atoms with E-state index in [1.807, 2.05) is 19.9 Å². The van der Waals surface area contributed by atoms with Gasteiger partial charge in [0.25, 0.3) is 17.2 Å². The fourth-order valence-electron chi connectivity index (χ4n) is 4.33. The van der Waals surface area contributed by atoms with Gasteiger partial charge in [0.2, 0.25) is 0 Å². The van der Waals surface area contributed by atoms with E-state index in [0.717, 1.165) is 10.5 Å². The normalized spacial score (nSPS) is 13.7. The third-order valence-electron chi connectivity index (χ3n) is 6.02. The zero-order chi connectivity index (χ0) is 25.6. The Kier molecular flexibility index (Phi) is 6.12. The first kappa shape index (κ1) is 23.8. The molecule has 2 amide bonds. The summed E-state index contributed by atoms with van der Waals surface area (Å²) in [6.45, 7) is 3.75. The summed E-state index contributed by atoms with van der Waals surface area (Å²) in [5.41, 5.74) is 2.12. The summed E-state index contributed by atoms with van der Waals surface area (Å²) in [5, 5.41) is 3.73. The molecule has 180 valence electrons. The number of carbonyl (C=O) groups is 2. The van der Waals surface area contributed by atoms with E-state index in [0.29, 0.717) is 28.5 Å². The van der Waals surface area contributed by atoms with Crippen LogP contribution in [0.25, 0.3) is 17.0 Å².